The van der Waals surface area contributed by atoms with E-state index in [1.165, 1.54) is 12.8 Å². The van der Waals surface area contributed by atoms with Crippen LogP contribution in [0.3, 0.4) is 0 Å². The number of hydrogen-bond acceptors (Lipinski definition) is 2. The summed E-state index contributed by atoms with van der Waals surface area (Å²) in [6, 6.07) is 0. The first-order valence-electron chi connectivity index (χ1n) is 5.39. The predicted molar refractivity (Wildman–Crippen MR) is 63.6 cm³/mol. The van der Waals surface area contributed by atoms with E-state index < -0.39 is 5.60 Å². The van der Waals surface area contributed by atoms with Crippen LogP contribution in [0.2, 0.25) is 0 Å². The minimum Gasteiger partial charge on any atom is -0.389 e. The van der Waals surface area contributed by atoms with Crippen LogP contribution in [0, 0.1) is 0 Å². The fraction of sp³-hybridized carbons (Fsp3) is 0.818. The lowest BCUT2D eigenvalue weighted by Crippen LogP contribution is -2.40. The maximum atomic E-state index is 10.3. The monoisotopic (exact) mass is 261 g/mol. The van der Waals surface area contributed by atoms with Gasteiger partial charge in [-0.25, -0.2) is 0 Å². The summed E-state index contributed by atoms with van der Waals surface area (Å²) >= 11 is 3.29. The van der Waals surface area contributed by atoms with Gasteiger partial charge in [0, 0.05) is 17.6 Å². The van der Waals surface area contributed by atoms with Gasteiger partial charge in [-0.15, -0.1) is 0 Å². The van der Waals surface area contributed by atoms with Crippen molar-refractivity contribution in [3.8, 4) is 0 Å². The molecule has 82 valence electrons. The largest absolute Gasteiger partial charge is 0.389 e. The highest BCUT2D eigenvalue weighted by Gasteiger charge is 2.27. The van der Waals surface area contributed by atoms with E-state index >= 15 is 0 Å². The van der Waals surface area contributed by atoms with Gasteiger partial charge in [0.25, 0.3) is 0 Å². The third-order valence-corrected chi connectivity index (χ3v) is 3.09. The van der Waals surface area contributed by atoms with Gasteiger partial charge in [0.15, 0.2) is 0 Å². The summed E-state index contributed by atoms with van der Waals surface area (Å²) in [6.07, 6.45) is 6.74. The zero-order chi connectivity index (χ0) is 10.4. The molecule has 1 saturated carbocycles. The first-order valence-corrected chi connectivity index (χ1v) is 6.18. The zero-order valence-electron chi connectivity index (χ0n) is 8.69. The Morgan fingerprint density at radius 2 is 1.86 bits per heavy atom. The van der Waals surface area contributed by atoms with Gasteiger partial charge in [-0.3, -0.25) is 0 Å². The summed E-state index contributed by atoms with van der Waals surface area (Å²) < 4.78 is 0.940. The topological polar surface area (TPSA) is 32.3 Å². The van der Waals surface area contributed by atoms with E-state index in [9.17, 15) is 5.11 Å². The van der Waals surface area contributed by atoms with Crippen LogP contribution in [0.5, 0.6) is 0 Å². The summed E-state index contributed by atoms with van der Waals surface area (Å²) in [6.45, 7) is 5.18. The Morgan fingerprint density at radius 1 is 1.29 bits per heavy atom. The highest BCUT2D eigenvalue weighted by Crippen LogP contribution is 2.26. The molecule has 0 aromatic rings. The number of aliphatic hydroxyl groups is 1. The molecule has 0 unspecified atom stereocenters. The van der Waals surface area contributed by atoms with Crippen LogP contribution in [0.15, 0.2) is 11.1 Å². The van der Waals surface area contributed by atoms with Crippen molar-refractivity contribution in [2.45, 2.75) is 44.1 Å². The Morgan fingerprint density at radius 3 is 2.36 bits per heavy atom. The lowest BCUT2D eigenvalue weighted by molar-refractivity contribution is 0.0262. The van der Waals surface area contributed by atoms with Crippen molar-refractivity contribution >= 4 is 15.9 Å². The van der Waals surface area contributed by atoms with Crippen LogP contribution >= 0.6 is 15.9 Å². The fourth-order valence-corrected chi connectivity index (χ4v) is 2.19. The minimum atomic E-state index is -0.473. The molecule has 0 aromatic heterocycles. The second-order valence-electron chi connectivity index (χ2n) is 4.26. The van der Waals surface area contributed by atoms with Gasteiger partial charge in [-0.2, -0.15) is 0 Å². The Hall–Kier alpha value is 0.140. The minimum absolute atomic E-state index is 0.473. The second kappa shape index (κ2) is 5.89. The average molecular weight is 262 g/mol. The molecule has 0 spiro atoms. The van der Waals surface area contributed by atoms with Crippen molar-refractivity contribution in [1.82, 2.24) is 5.32 Å². The summed E-state index contributed by atoms with van der Waals surface area (Å²) in [5.41, 5.74) is -0.473. The third-order valence-electron chi connectivity index (χ3n) is 2.81. The van der Waals surface area contributed by atoms with Crippen LogP contribution in [-0.2, 0) is 0 Å². The van der Waals surface area contributed by atoms with Gasteiger partial charge in [0.2, 0.25) is 0 Å². The van der Waals surface area contributed by atoms with Gasteiger partial charge >= 0.3 is 0 Å². The molecule has 2 nitrogen and oxygen atoms in total. The van der Waals surface area contributed by atoms with Gasteiger partial charge in [0.05, 0.1) is 5.60 Å². The lowest BCUT2D eigenvalue weighted by Gasteiger charge is -2.26. The number of nitrogens with one attached hydrogen (secondary N) is 1. The Bertz CT molecular complexity index is 186. The van der Waals surface area contributed by atoms with Crippen LogP contribution in [-0.4, -0.2) is 23.8 Å². The molecule has 3 heteroatoms. The lowest BCUT2D eigenvalue weighted by atomic mass is 9.94. The molecule has 0 saturated heterocycles. The Kier molecular flexibility index (Phi) is 5.13. The molecule has 0 heterocycles. The molecule has 1 fully saturated rings. The zero-order valence-corrected chi connectivity index (χ0v) is 10.3. The van der Waals surface area contributed by atoms with E-state index in [0.29, 0.717) is 6.54 Å². The summed E-state index contributed by atoms with van der Waals surface area (Å²) in [5, 5.41) is 13.5. The highest BCUT2D eigenvalue weighted by atomic mass is 79.9. The first kappa shape index (κ1) is 12.2. The van der Waals surface area contributed by atoms with Gasteiger partial charge < -0.3 is 10.4 Å². The maximum Gasteiger partial charge on any atom is 0.0771 e. The average Bonchev–Trinajstić information content (AvgIpc) is 2.30. The standard InChI is InChI=1S/C11H20BrNO/c1-10(12)8-13-9-11(14)6-4-2-3-5-7-11/h13-14H,1-9H2. The number of hydrogen-bond donors (Lipinski definition) is 2. The maximum absolute atomic E-state index is 10.3. The fourth-order valence-electron chi connectivity index (χ4n) is 1.99. The molecule has 2 N–H and O–H groups in total. The van der Waals surface area contributed by atoms with Gasteiger partial charge in [-0.1, -0.05) is 48.2 Å². The predicted octanol–water partition coefficient (Wildman–Crippen LogP) is 2.57. The molecule has 0 aliphatic heterocycles. The van der Waals surface area contributed by atoms with Crippen molar-refractivity contribution in [3.05, 3.63) is 11.1 Å². The SMILES string of the molecule is C=C(Br)CNCC1(O)CCCCCC1. The second-order valence-corrected chi connectivity index (χ2v) is 5.38. The number of rotatable bonds is 4. The van der Waals surface area contributed by atoms with Gasteiger partial charge in [0.1, 0.15) is 0 Å². The molecule has 1 aliphatic carbocycles. The van der Waals surface area contributed by atoms with Crippen LogP contribution in [0.25, 0.3) is 0 Å². The summed E-state index contributed by atoms with van der Waals surface area (Å²) in [4.78, 5) is 0. The van der Waals surface area contributed by atoms with Gasteiger partial charge in [-0.05, 0) is 12.8 Å². The molecular weight excluding hydrogens is 242 g/mol. The van der Waals surface area contributed by atoms with Crippen LogP contribution in [0.4, 0.5) is 0 Å². The van der Waals surface area contributed by atoms with Crippen molar-refractivity contribution in [2.24, 2.45) is 0 Å². The molecule has 1 aliphatic rings. The van der Waals surface area contributed by atoms with E-state index in [1.54, 1.807) is 0 Å². The molecule has 0 bridgehead atoms. The molecule has 0 aromatic carbocycles. The third kappa shape index (κ3) is 4.58. The Labute approximate surface area is 94.9 Å². The molecule has 1 rings (SSSR count). The van der Waals surface area contributed by atoms with E-state index in [4.69, 9.17) is 0 Å². The molecule has 0 amide bonds. The van der Waals surface area contributed by atoms with Crippen molar-refractivity contribution < 1.29 is 5.11 Å². The van der Waals surface area contributed by atoms with E-state index in [-0.39, 0.29) is 0 Å². The van der Waals surface area contributed by atoms with Crippen molar-refractivity contribution in [2.75, 3.05) is 13.1 Å². The summed E-state index contributed by atoms with van der Waals surface area (Å²) in [7, 11) is 0. The van der Waals surface area contributed by atoms with Crippen molar-refractivity contribution in [1.29, 1.82) is 0 Å². The molecule has 14 heavy (non-hydrogen) atoms. The molecule has 0 radical (unpaired) electrons. The smallest absolute Gasteiger partial charge is 0.0771 e. The normalized spacial score (nSPS) is 21.6. The quantitative estimate of drug-likeness (QED) is 0.763. The van der Waals surface area contributed by atoms with Crippen LogP contribution < -0.4 is 5.32 Å². The number of halogens is 1. The highest BCUT2D eigenvalue weighted by molar-refractivity contribution is 9.11. The van der Waals surface area contributed by atoms with Crippen molar-refractivity contribution in [3.63, 3.8) is 0 Å². The molecular formula is C11H20BrNO. The first-order chi connectivity index (χ1) is 6.62. The molecule has 0 atom stereocenters. The van der Waals surface area contributed by atoms with E-state index in [0.717, 1.165) is 36.7 Å². The Balaban J connectivity index is 2.27. The summed E-state index contributed by atoms with van der Waals surface area (Å²) in [5.74, 6) is 0. The van der Waals surface area contributed by atoms with Crippen LogP contribution in [0.1, 0.15) is 38.5 Å². The van der Waals surface area contributed by atoms with E-state index in [1.807, 2.05) is 0 Å². The van der Waals surface area contributed by atoms with E-state index in [2.05, 4.69) is 27.8 Å².